The molecule has 0 radical (unpaired) electrons. The molecule has 1 aliphatic carbocycles. The van der Waals surface area contributed by atoms with Crippen LogP contribution in [0.1, 0.15) is 47.4 Å². The summed E-state index contributed by atoms with van der Waals surface area (Å²) < 4.78 is 5.82. The van der Waals surface area contributed by atoms with E-state index in [9.17, 15) is 4.79 Å². The molecule has 2 aromatic rings. The Morgan fingerprint density at radius 3 is 2.71 bits per heavy atom. The van der Waals surface area contributed by atoms with Crippen molar-refractivity contribution in [1.82, 2.24) is 10.9 Å². The Morgan fingerprint density at radius 2 is 1.96 bits per heavy atom. The van der Waals surface area contributed by atoms with Crippen LogP contribution in [0.2, 0.25) is 0 Å². The molecule has 1 aliphatic heterocycles. The van der Waals surface area contributed by atoms with Crippen molar-refractivity contribution in [3.8, 4) is 0 Å². The number of fused-ring (bicyclic) bond motifs is 1. The third-order valence-corrected chi connectivity index (χ3v) is 5.29. The van der Waals surface area contributed by atoms with E-state index in [1.165, 1.54) is 18.4 Å². The summed E-state index contributed by atoms with van der Waals surface area (Å²) in [5, 5.41) is 0. The molecule has 24 heavy (non-hydrogen) atoms. The molecule has 1 fully saturated rings. The number of amides is 1. The van der Waals surface area contributed by atoms with Crippen LogP contribution in [-0.4, -0.2) is 17.3 Å². The van der Waals surface area contributed by atoms with Crippen molar-refractivity contribution in [3.05, 3.63) is 58.0 Å². The average molecular weight is 389 g/mol. The minimum atomic E-state index is -0.307. The van der Waals surface area contributed by atoms with E-state index in [0.29, 0.717) is 4.67 Å². The van der Waals surface area contributed by atoms with Gasteiger partial charge in [0.05, 0.1) is 5.56 Å². The highest BCUT2D eigenvalue weighted by Gasteiger charge is 2.41. The maximum Gasteiger partial charge on any atom is 0.321 e. The minimum absolute atomic E-state index is 0.106. The second kappa shape index (κ2) is 6.09. The van der Waals surface area contributed by atoms with Crippen LogP contribution < -0.4 is 15.8 Å². The Morgan fingerprint density at radius 1 is 1.17 bits per heavy atom. The van der Waals surface area contributed by atoms with Crippen LogP contribution in [0.5, 0.6) is 0 Å². The Kier molecular flexibility index (Phi) is 3.92. The first-order valence-corrected chi connectivity index (χ1v) is 9.00. The zero-order valence-electron chi connectivity index (χ0n) is 13.2. The summed E-state index contributed by atoms with van der Waals surface area (Å²) in [5.41, 5.74) is 8.32. The Bertz CT molecular complexity index is 806. The zero-order chi connectivity index (χ0) is 16.6. The van der Waals surface area contributed by atoms with E-state index in [2.05, 4.69) is 50.0 Å². The number of halogens is 1. The van der Waals surface area contributed by atoms with Gasteiger partial charge in [0.25, 0.3) is 5.84 Å². The predicted octanol–water partition coefficient (Wildman–Crippen LogP) is 1.67. The molecule has 5 nitrogen and oxygen atoms in total. The summed E-state index contributed by atoms with van der Waals surface area (Å²) >= 11 is 3.21. The van der Waals surface area contributed by atoms with Gasteiger partial charge in [0.15, 0.2) is 10.4 Å². The first-order chi connectivity index (χ1) is 11.7. The standard InChI is InChI=1S/C18H18BrN3O2/c19-15-8-7-14(24-15)17(23)22-21-16-13-6-2-1-5-12(13)11-18(20-16)9-3-4-10-18/h1-2,5-8H,3-4,9-11H2,(H,20,21)(H,22,23)/p+1. The largest absolute Gasteiger partial charge is 0.444 e. The highest BCUT2D eigenvalue weighted by molar-refractivity contribution is 9.10. The molecule has 0 unspecified atom stereocenters. The number of amidine groups is 1. The third kappa shape index (κ3) is 2.86. The number of hydrogen-bond acceptors (Lipinski definition) is 3. The Balaban J connectivity index is 1.57. The van der Waals surface area contributed by atoms with Gasteiger partial charge in [0.1, 0.15) is 5.54 Å². The normalized spacial score (nSPS) is 18.1. The summed E-state index contributed by atoms with van der Waals surface area (Å²) in [6.45, 7) is 0. The van der Waals surface area contributed by atoms with Gasteiger partial charge < -0.3 is 4.42 Å². The van der Waals surface area contributed by atoms with E-state index in [1.54, 1.807) is 12.1 Å². The maximum absolute atomic E-state index is 12.2. The molecular formula is C18H19BrN3O2+. The van der Waals surface area contributed by atoms with Gasteiger partial charge in [-0.15, -0.1) is 0 Å². The second-order valence-electron chi connectivity index (χ2n) is 6.50. The Labute approximate surface area is 148 Å². The van der Waals surface area contributed by atoms with Gasteiger partial charge in [-0.2, -0.15) is 10.9 Å². The van der Waals surface area contributed by atoms with Gasteiger partial charge in [0, 0.05) is 6.42 Å². The highest BCUT2D eigenvalue weighted by atomic mass is 79.9. The number of hydrogen-bond donors (Lipinski definition) is 3. The van der Waals surface area contributed by atoms with Crippen LogP contribution in [-0.2, 0) is 6.42 Å². The number of hydrazine groups is 1. The van der Waals surface area contributed by atoms with Crippen LogP contribution in [0.4, 0.5) is 0 Å². The predicted molar refractivity (Wildman–Crippen MR) is 93.4 cm³/mol. The second-order valence-corrected chi connectivity index (χ2v) is 7.29. The first kappa shape index (κ1) is 15.4. The molecule has 3 N–H and O–H groups in total. The summed E-state index contributed by atoms with van der Waals surface area (Å²) in [4.78, 5) is 15.8. The van der Waals surface area contributed by atoms with Crippen molar-refractivity contribution >= 4 is 27.7 Å². The lowest BCUT2D eigenvalue weighted by Gasteiger charge is -2.28. The number of furan rings is 1. The van der Waals surface area contributed by atoms with E-state index >= 15 is 0 Å². The van der Waals surface area contributed by atoms with Crippen molar-refractivity contribution in [3.63, 3.8) is 0 Å². The summed E-state index contributed by atoms with van der Waals surface area (Å²) in [7, 11) is 0. The molecule has 1 saturated carbocycles. The molecule has 1 spiro atoms. The van der Waals surface area contributed by atoms with Crippen molar-refractivity contribution in [2.24, 2.45) is 0 Å². The molecule has 2 heterocycles. The van der Waals surface area contributed by atoms with Crippen molar-refractivity contribution in [2.75, 3.05) is 0 Å². The number of carbonyl (C=O) groups excluding carboxylic acids is 1. The molecule has 0 bridgehead atoms. The first-order valence-electron chi connectivity index (χ1n) is 8.20. The highest BCUT2D eigenvalue weighted by Crippen LogP contribution is 2.31. The number of rotatable bonds is 1. The van der Waals surface area contributed by atoms with Crippen LogP contribution in [0.15, 0.2) is 45.5 Å². The smallest absolute Gasteiger partial charge is 0.321 e. The van der Waals surface area contributed by atoms with E-state index in [1.807, 2.05) is 6.07 Å². The minimum Gasteiger partial charge on any atom is -0.444 e. The fourth-order valence-corrected chi connectivity index (χ4v) is 4.04. The third-order valence-electron chi connectivity index (χ3n) is 4.86. The fourth-order valence-electron chi connectivity index (χ4n) is 3.73. The van der Waals surface area contributed by atoms with Crippen molar-refractivity contribution in [1.29, 1.82) is 0 Å². The summed E-state index contributed by atoms with van der Waals surface area (Å²) in [5.74, 6) is 0.811. The van der Waals surface area contributed by atoms with Gasteiger partial charge in [-0.1, -0.05) is 18.2 Å². The van der Waals surface area contributed by atoms with E-state index in [4.69, 9.17) is 4.42 Å². The maximum atomic E-state index is 12.2. The molecule has 2 aliphatic rings. The molecule has 1 aromatic heterocycles. The van der Waals surface area contributed by atoms with Crippen molar-refractivity contribution in [2.45, 2.75) is 37.6 Å². The van der Waals surface area contributed by atoms with E-state index in [-0.39, 0.29) is 17.2 Å². The van der Waals surface area contributed by atoms with Gasteiger partial charge in [0.2, 0.25) is 0 Å². The molecular weight excluding hydrogens is 370 g/mol. The number of nitrogens with one attached hydrogen (secondary N) is 3. The molecule has 4 rings (SSSR count). The molecule has 6 heteroatoms. The van der Waals surface area contributed by atoms with Crippen LogP contribution in [0.3, 0.4) is 0 Å². The molecule has 1 amide bonds. The van der Waals surface area contributed by atoms with E-state index in [0.717, 1.165) is 30.7 Å². The van der Waals surface area contributed by atoms with Crippen LogP contribution in [0.25, 0.3) is 0 Å². The van der Waals surface area contributed by atoms with Gasteiger partial charge >= 0.3 is 5.91 Å². The lowest BCUT2D eigenvalue weighted by molar-refractivity contribution is -0.556. The van der Waals surface area contributed by atoms with E-state index < -0.39 is 0 Å². The number of carbonyl (C=O) groups is 1. The number of benzene rings is 1. The van der Waals surface area contributed by atoms with Gasteiger partial charge in [-0.25, -0.2) is 0 Å². The zero-order valence-corrected chi connectivity index (χ0v) is 14.8. The SMILES string of the molecule is O=C(NNC1=[NH+]C2(CCCC2)Cc2ccccc21)c1ccc(Br)o1. The lowest BCUT2D eigenvalue weighted by Crippen LogP contribution is -2.91. The lowest BCUT2D eigenvalue weighted by atomic mass is 9.84. The monoisotopic (exact) mass is 388 g/mol. The van der Waals surface area contributed by atoms with Crippen LogP contribution >= 0.6 is 15.9 Å². The van der Waals surface area contributed by atoms with Gasteiger partial charge in [-0.3, -0.25) is 9.79 Å². The Hall–Kier alpha value is -2.08. The average Bonchev–Trinajstić information content (AvgIpc) is 3.21. The topological polar surface area (TPSA) is 68.2 Å². The molecule has 1 aromatic carbocycles. The van der Waals surface area contributed by atoms with Crippen molar-refractivity contribution < 1.29 is 14.2 Å². The summed E-state index contributed by atoms with van der Waals surface area (Å²) in [6.07, 6.45) is 5.84. The summed E-state index contributed by atoms with van der Waals surface area (Å²) in [6, 6.07) is 11.7. The molecule has 124 valence electrons. The van der Waals surface area contributed by atoms with Crippen LogP contribution in [0, 0.1) is 0 Å². The fraction of sp³-hybridized carbons (Fsp3) is 0.333. The molecule has 0 atom stereocenters. The van der Waals surface area contributed by atoms with Gasteiger partial charge in [-0.05, 0) is 65.4 Å². The molecule has 0 saturated heterocycles. The quantitative estimate of drug-likeness (QED) is 0.650.